The molecule has 1 saturated heterocycles. The molecule has 0 aromatic carbocycles. The molecule has 1 amide bonds. The van der Waals surface area contributed by atoms with Crippen molar-refractivity contribution < 1.29 is 14.4 Å². The van der Waals surface area contributed by atoms with Crippen LogP contribution in [0, 0.1) is 5.92 Å². The number of nitrogens with zero attached hydrogens (tertiary/aromatic N) is 1. The highest BCUT2D eigenvalue weighted by Gasteiger charge is 2.27. The van der Waals surface area contributed by atoms with Crippen molar-refractivity contribution in [3.8, 4) is 0 Å². The van der Waals surface area contributed by atoms with Gasteiger partial charge >= 0.3 is 0 Å². The summed E-state index contributed by atoms with van der Waals surface area (Å²) in [6, 6.07) is 0. The van der Waals surface area contributed by atoms with Crippen LogP contribution in [0.15, 0.2) is 29.0 Å². The third-order valence-corrected chi connectivity index (χ3v) is 4.11. The fourth-order valence-electron chi connectivity index (χ4n) is 2.84. The monoisotopic (exact) mass is 290 g/mol. The Hall–Kier alpha value is -1.62. The lowest BCUT2D eigenvalue weighted by Crippen LogP contribution is -2.34. The van der Waals surface area contributed by atoms with E-state index in [2.05, 4.69) is 28.7 Å². The molecule has 1 aliphatic carbocycles. The van der Waals surface area contributed by atoms with Gasteiger partial charge in [0.1, 0.15) is 11.8 Å². The molecule has 0 radical (unpaired) electrons. The lowest BCUT2D eigenvalue weighted by atomic mass is 9.99. The van der Waals surface area contributed by atoms with E-state index in [9.17, 15) is 4.79 Å². The Morgan fingerprint density at radius 2 is 2.38 bits per heavy atom. The summed E-state index contributed by atoms with van der Waals surface area (Å²) in [6.45, 7) is 2.21. The predicted molar refractivity (Wildman–Crippen MR) is 79.9 cm³/mol. The molecule has 2 aliphatic heterocycles. The Morgan fingerprint density at radius 3 is 3.14 bits per heavy atom. The van der Waals surface area contributed by atoms with Gasteiger partial charge < -0.3 is 14.9 Å². The first kappa shape index (κ1) is 14.3. The van der Waals surface area contributed by atoms with E-state index in [4.69, 9.17) is 9.57 Å². The summed E-state index contributed by atoms with van der Waals surface area (Å²) in [5, 5.41) is 6.88. The fraction of sp³-hybridized carbons (Fsp3) is 0.625. The summed E-state index contributed by atoms with van der Waals surface area (Å²) in [7, 11) is 0. The number of nitrogens with one attached hydrogen (secondary N) is 1. The largest absolute Gasteiger partial charge is 0.391 e. The lowest BCUT2D eigenvalue weighted by Gasteiger charge is -2.11. The minimum atomic E-state index is -0.0995. The zero-order valence-corrected chi connectivity index (χ0v) is 12.2. The quantitative estimate of drug-likeness (QED) is 0.842. The van der Waals surface area contributed by atoms with Crippen LogP contribution in [0.5, 0.6) is 0 Å². The third-order valence-electron chi connectivity index (χ3n) is 4.11. The zero-order chi connectivity index (χ0) is 14.5. The highest BCUT2D eigenvalue weighted by Crippen LogP contribution is 2.22. The average Bonchev–Trinajstić information content (AvgIpc) is 3.17. The normalized spacial score (nSPS) is 28.0. The highest BCUT2D eigenvalue weighted by molar-refractivity contribution is 6.39. The van der Waals surface area contributed by atoms with E-state index >= 15 is 0 Å². The molecule has 0 spiro atoms. The van der Waals surface area contributed by atoms with Gasteiger partial charge in [-0.1, -0.05) is 23.4 Å². The van der Waals surface area contributed by atoms with Crippen molar-refractivity contribution in [2.45, 2.75) is 38.2 Å². The van der Waals surface area contributed by atoms with Gasteiger partial charge in [-0.2, -0.15) is 0 Å². The predicted octanol–water partition coefficient (Wildman–Crippen LogP) is 1.95. The van der Waals surface area contributed by atoms with Crippen molar-refractivity contribution in [3.63, 3.8) is 0 Å². The first-order valence-electron chi connectivity index (χ1n) is 7.75. The number of allylic oxidation sites excluding steroid dienone is 3. The first-order chi connectivity index (χ1) is 10.3. The number of carbonyl (C=O) groups is 1. The van der Waals surface area contributed by atoms with E-state index in [1.54, 1.807) is 0 Å². The van der Waals surface area contributed by atoms with Crippen LogP contribution < -0.4 is 5.32 Å². The molecule has 0 aromatic heterocycles. The standard InChI is InChI=1S/C16H22N2O3/c19-16(17-10-13-6-7-20-11-13)15-9-14(21-18-15)8-12-4-2-1-3-5-12/h2,4-5,13-14H,1,3,6-11H2,(H,17,19). The maximum atomic E-state index is 12.0. The van der Waals surface area contributed by atoms with Crippen LogP contribution in [0.4, 0.5) is 0 Å². The van der Waals surface area contributed by atoms with Crippen molar-refractivity contribution in [1.82, 2.24) is 5.32 Å². The second kappa shape index (κ2) is 6.89. The average molecular weight is 290 g/mol. The van der Waals surface area contributed by atoms with Crippen LogP contribution in [0.1, 0.15) is 32.1 Å². The summed E-state index contributed by atoms with van der Waals surface area (Å²) in [5.41, 5.74) is 1.80. The van der Waals surface area contributed by atoms with Gasteiger partial charge in [0.2, 0.25) is 0 Å². The highest BCUT2D eigenvalue weighted by atomic mass is 16.6. The molecule has 0 saturated carbocycles. The number of ether oxygens (including phenoxy) is 1. The SMILES string of the molecule is O=C(NCC1CCOC1)C1=NOC(CC2=CCCC=C2)C1. The fourth-order valence-corrected chi connectivity index (χ4v) is 2.84. The van der Waals surface area contributed by atoms with Crippen LogP contribution in [0.3, 0.4) is 0 Å². The second-order valence-corrected chi connectivity index (χ2v) is 5.87. The molecule has 114 valence electrons. The van der Waals surface area contributed by atoms with Gasteiger partial charge in [0.05, 0.1) is 6.61 Å². The molecule has 5 nitrogen and oxygen atoms in total. The number of rotatable bonds is 5. The molecule has 2 atom stereocenters. The van der Waals surface area contributed by atoms with Gasteiger partial charge in [0.25, 0.3) is 5.91 Å². The lowest BCUT2D eigenvalue weighted by molar-refractivity contribution is -0.115. The number of carbonyl (C=O) groups excluding carboxylic acids is 1. The number of hydrogen-bond acceptors (Lipinski definition) is 4. The molecule has 0 bridgehead atoms. The molecule has 1 N–H and O–H groups in total. The van der Waals surface area contributed by atoms with Gasteiger partial charge in [-0.3, -0.25) is 4.79 Å². The second-order valence-electron chi connectivity index (χ2n) is 5.87. The maximum absolute atomic E-state index is 12.0. The van der Waals surface area contributed by atoms with Crippen LogP contribution >= 0.6 is 0 Å². The summed E-state index contributed by atoms with van der Waals surface area (Å²) < 4.78 is 5.30. The molecule has 2 heterocycles. The van der Waals surface area contributed by atoms with Gasteiger partial charge in [-0.25, -0.2) is 0 Å². The van der Waals surface area contributed by atoms with Crippen LogP contribution in [0.2, 0.25) is 0 Å². The molecular weight excluding hydrogens is 268 g/mol. The number of oxime groups is 1. The Morgan fingerprint density at radius 1 is 1.43 bits per heavy atom. The zero-order valence-electron chi connectivity index (χ0n) is 12.2. The minimum Gasteiger partial charge on any atom is -0.391 e. The van der Waals surface area contributed by atoms with E-state index < -0.39 is 0 Å². The minimum absolute atomic E-state index is 0.00503. The number of amides is 1. The number of hydrogen-bond donors (Lipinski definition) is 1. The van der Waals surface area contributed by atoms with Crippen LogP contribution in [-0.2, 0) is 14.4 Å². The van der Waals surface area contributed by atoms with Crippen molar-refractivity contribution in [2.75, 3.05) is 19.8 Å². The first-order valence-corrected chi connectivity index (χ1v) is 7.75. The van der Waals surface area contributed by atoms with E-state index in [-0.39, 0.29) is 12.0 Å². The summed E-state index contributed by atoms with van der Waals surface area (Å²) in [6.07, 6.45) is 11.2. The van der Waals surface area contributed by atoms with Crippen molar-refractivity contribution in [2.24, 2.45) is 11.1 Å². The smallest absolute Gasteiger partial charge is 0.269 e. The summed E-state index contributed by atoms with van der Waals surface area (Å²) in [4.78, 5) is 17.4. The summed E-state index contributed by atoms with van der Waals surface area (Å²) >= 11 is 0. The van der Waals surface area contributed by atoms with Crippen LogP contribution in [0.25, 0.3) is 0 Å². The van der Waals surface area contributed by atoms with E-state index in [1.807, 2.05) is 0 Å². The van der Waals surface area contributed by atoms with Crippen molar-refractivity contribution >= 4 is 11.6 Å². The van der Waals surface area contributed by atoms with Crippen LogP contribution in [-0.4, -0.2) is 37.5 Å². The molecule has 1 fully saturated rings. The topological polar surface area (TPSA) is 59.9 Å². The van der Waals surface area contributed by atoms with Crippen molar-refractivity contribution in [3.05, 3.63) is 23.8 Å². The Labute approximate surface area is 125 Å². The Kier molecular flexibility index (Phi) is 4.70. The molecule has 3 rings (SSSR count). The van der Waals surface area contributed by atoms with Gasteiger partial charge in [-0.05, 0) is 24.8 Å². The summed E-state index contributed by atoms with van der Waals surface area (Å²) in [5.74, 6) is 0.336. The molecular formula is C16H22N2O3. The van der Waals surface area contributed by atoms with Crippen molar-refractivity contribution in [1.29, 1.82) is 0 Å². The maximum Gasteiger partial charge on any atom is 0.269 e. The van der Waals surface area contributed by atoms with E-state index in [0.717, 1.165) is 38.9 Å². The molecule has 21 heavy (non-hydrogen) atoms. The van der Waals surface area contributed by atoms with E-state index in [1.165, 1.54) is 5.57 Å². The van der Waals surface area contributed by atoms with Gasteiger partial charge in [-0.15, -0.1) is 0 Å². The molecule has 5 heteroatoms. The van der Waals surface area contributed by atoms with E-state index in [0.29, 0.717) is 24.6 Å². The third kappa shape index (κ3) is 3.94. The molecule has 0 aromatic rings. The van der Waals surface area contributed by atoms with Gasteiger partial charge in [0, 0.05) is 31.9 Å². The molecule has 2 unspecified atom stereocenters. The van der Waals surface area contributed by atoms with Gasteiger partial charge in [0.15, 0.2) is 0 Å². The Bertz CT molecular complexity index is 476. The Balaban J connectivity index is 1.41. The molecule has 3 aliphatic rings.